The summed E-state index contributed by atoms with van der Waals surface area (Å²) in [5, 5.41) is 2.38. The van der Waals surface area contributed by atoms with Crippen LogP contribution in [0, 0.1) is 29.1 Å². The van der Waals surface area contributed by atoms with Gasteiger partial charge in [0.2, 0.25) is 40.7 Å². The average Bonchev–Trinajstić information content (AvgIpc) is 2.62. The minimum atomic E-state index is -2.36. The molecular weight excluding hydrogens is 349 g/mol. The van der Waals surface area contributed by atoms with Gasteiger partial charge < -0.3 is 10.1 Å². The molecule has 1 N–H and O–H groups in total. The van der Waals surface area contributed by atoms with E-state index in [-0.39, 0.29) is 11.3 Å². The molecule has 0 saturated carbocycles. The molecule has 130 valence electrons. The normalized spacial score (nSPS) is 10.3. The first-order valence-corrected chi connectivity index (χ1v) is 6.53. The van der Waals surface area contributed by atoms with Crippen molar-refractivity contribution < 1.29 is 36.3 Å². The number of amides is 1. The van der Waals surface area contributed by atoms with Gasteiger partial charge in [-0.15, -0.1) is 0 Å². The van der Waals surface area contributed by atoms with E-state index in [0.29, 0.717) is 0 Å². The Bertz CT molecular complexity index is 836. The molecule has 0 aliphatic rings. The molecular formula is C16H8F5NO3. The van der Waals surface area contributed by atoms with Crippen molar-refractivity contribution in [2.45, 2.75) is 0 Å². The van der Waals surface area contributed by atoms with Gasteiger partial charge in [0.1, 0.15) is 0 Å². The van der Waals surface area contributed by atoms with Crippen LogP contribution in [0.25, 0.3) is 0 Å². The van der Waals surface area contributed by atoms with Crippen molar-refractivity contribution in [2.24, 2.45) is 0 Å². The van der Waals surface area contributed by atoms with Gasteiger partial charge in [0, 0.05) is 5.69 Å². The predicted octanol–water partition coefficient (Wildman–Crippen LogP) is 3.73. The Balaban J connectivity index is 2.26. The number of nitrogens with one attached hydrogen (secondary N) is 1. The first-order chi connectivity index (χ1) is 11.8. The Morgan fingerprint density at radius 1 is 0.880 bits per heavy atom. The summed E-state index contributed by atoms with van der Waals surface area (Å²) in [5.74, 6) is -14.9. The molecule has 0 atom stereocenters. The molecule has 0 bridgehead atoms. The average molecular weight is 357 g/mol. The molecule has 0 saturated heterocycles. The molecule has 1 amide bonds. The first kappa shape index (κ1) is 18.1. The third-order valence-corrected chi connectivity index (χ3v) is 2.94. The van der Waals surface area contributed by atoms with E-state index >= 15 is 0 Å². The molecule has 0 aliphatic heterocycles. The molecule has 0 heterocycles. The highest BCUT2D eigenvalue weighted by Gasteiger charge is 2.28. The van der Waals surface area contributed by atoms with E-state index in [1.54, 1.807) is 0 Å². The monoisotopic (exact) mass is 357 g/mol. The summed E-state index contributed by atoms with van der Waals surface area (Å²) >= 11 is 0. The Kier molecular flexibility index (Phi) is 5.16. The van der Waals surface area contributed by atoms with Gasteiger partial charge in [-0.3, -0.25) is 4.79 Å². The lowest BCUT2D eigenvalue weighted by atomic mass is 10.2. The number of anilines is 1. The predicted molar refractivity (Wildman–Crippen MR) is 76.5 cm³/mol. The fraction of sp³-hybridized carbons (Fsp3) is 0. The molecule has 0 aromatic heterocycles. The van der Waals surface area contributed by atoms with Crippen molar-refractivity contribution in [1.82, 2.24) is 0 Å². The van der Waals surface area contributed by atoms with Gasteiger partial charge in [0.25, 0.3) is 0 Å². The number of carbonyl (C=O) groups is 2. The van der Waals surface area contributed by atoms with Crippen molar-refractivity contribution in [3.63, 3.8) is 0 Å². The van der Waals surface area contributed by atoms with Gasteiger partial charge in [-0.05, 0) is 30.3 Å². The van der Waals surface area contributed by atoms with Gasteiger partial charge in [0.15, 0.2) is 0 Å². The molecule has 2 aromatic rings. The number of halogens is 5. The van der Waals surface area contributed by atoms with Crippen molar-refractivity contribution in [1.29, 1.82) is 0 Å². The third kappa shape index (κ3) is 3.65. The fourth-order valence-corrected chi connectivity index (χ4v) is 1.71. The number of hydrogen-bond acceptors (Lipinski definition) is 3. The molecule has 0 aliphatic carbocycles. The number of hydrogen-bond donors (Lipinski definition) is 1. The lowest BCUT2D eigenvalue weighted by Crippen LogP contribution is -2.14. The summed E-state index contributed by atoms with van der Waals surface area (Å²) in [6.07, 6.45) is 1.01. The summed E-state index contributed by atoms with van der Waals surface area (Å²) in [5.41, 5.74) is 0.0261. The summed E-state index contributed by atoms with van der Waals surface area (Å²) in [4.78, 5) is 22.9. The molecule has 0 spiro atoms. The molecule has 0 unspecified atom stereocenters. The zero-order chi connectivity index (χ0) is 18.7. The maximum Gasteiger partial charge on any atom is 0.343 e. The summed E-state index contributed by atoms with van der Waals surface area (Å²) in [6.45, 7) is 3.24. The number of carbonyl (C=O) groups excluding carboxylic acids is 2. The van der Waals surface area contributed by atoms with Crippen LogP contribution in [0.2, 0.25) is 0 Å². The van der Waals surface area contributed by atoms with Gasteiger partial charge in [-0.1, -0.05) is 6.58 Å². The van der Waals surface area contributed by atoms with Crippen molar-refractivity contribution >= 4 is 17.6 Å². The summed E-state index contributed by atoms with van der Waals surface area (Å²) in [6, 6.07) is 4.76. The molecule has 4 nitrogen and oxygen atoms in total. The molecule has 2 aromatic carbocycles. The van der Waals surface area contributed by atoms with Crippen LogP contribution in [-0.2, 0) is 4.79 Å². The smallest absolute Gasteiger partial charge is 0.343 e. The molecule has 9 heteroatoms. The topological polar surface area (TPSA) is 55.4 Å². The van der Waals surface area contributed by atoms with Crippen LogP contribution in [0.1, 0.15) is 10.4 Å². The van der Waals surface area contributed by atoms with E-state index in [1.807, 2.05) is 0 Å². The second-order valence-electron chi connectivity index (χ2n) is 4.56. The Hall–Kier alpha value is -3.23. The maximum absolute atomic E-state index is 13.5. The van der Waals surface area contributed by atoms with Crippen LogP contribution in [0.3, 0.4) is 0 Å². The van der Waals surface area contributed by atoms with Gasteiger partial charge in [0.05, 0.1) is 5.56 Å². The highest BCUT2D eigenvalue weighted by Crippen LogP contribution is 2.29. The summed E-state index contributed by atoms with van der Waals surface area (Å²) < 4.78 is 70.3. The van der Waals surface area contributed by atoms with E-state index in [2.05, 4.69) is 16.6 Å². The largest absolute Gasteiger partial charge is 0.416 e. The van der Waals surface area contributed by atoms with Crippen LogP contribution >= 0.6 is 0 Å². The second-order valence-corrected chi connectivity index (χ2v) is 4.56. The Labute approximate surface area is 137 Å². The van der Waals surface area contributed by atoms with E-state index < -0.39 is 46.7 Å². The van der Waals surface area contributed by atoms with Crippen molar-refractivity contribution in [3.8, 4) is 5.75 Å². The van der Waals surface area contributed by atoms with Gasteiger partial charge in [-0.2, -0.15) is 8.78 Å². The van der Waals surface area contributed by atoms with E-state index in [0.717, 1.165) is 18.2 Å². The second kappa shape index (κ2) is 7.12. The van der Waals surface area contributed by atoms with Gasteiger partial charge in [-0.25, -0.2) is 18.0 Å². The SMILES string of the molecule is C=CC(=O)Nc1ccc(C(=O)Oc2c(F)c(F)c(F)c(F)c2F)cc1. The minimum Gasteiger partial charge on any atom is -0.416 e. The first-order valence-electron chi connectivity index (χ1n) is 6.53. The molecule has 25 heavy (non-hydrogen) atoms. The van der Waals surface area contributed by atoms with E-state index in [9.17, 15) is 31.5 Å². The Morgan fingerprint density at radius 2 is 1.36 bits per heavy atom. The fourth-order valence-electron chi connectivity index (χ4n) is 1.71. The maximum atomic E-state index is 13.5. The third-order valence-electron chi connectivity index (χ3n) is 2.94. The van der Waals surface area contributed by atoms with E-state index in [4.69, 9.17) is 0 Å². The Morgan fingerprint density at radius 3 is 1.84 bits per heavy atom. The number of rotatable bonds is 4. The molecule has 2 rings (SSSR count). The van der Waals surface area contributed by atoms with Crippen LogP contribution in [0.15, 0.2) is 36.9 Å². The number of benzene rings is 2. The van der Waals surface area contributed by atoms with Crippen LogP contribution in [0.4, 0.5) is 27.6 Å². The molecule has 0 fully saturated rings. The van der Waals surface area contributed by atoms with E-state index in [1.165, 1.54) is 12.1 Å². The quantitative estimate of drug-likeness (QED) is 0.227. The van der Waals surface area contributed by atoms with Crippen molar-refractivity contribution in [3.05, 3.63) is 71.6 Å². The van der Waals surface area contributed by atoms with Crippen LogP contribution < -0.4 is 10.1 Å². The lowest BCUT2D eigenvalue weighted by Gasteiger charge is -2.09. The highest BCUT2D eigenvalue weighted by atomic mass is 19.2. The van der Waals surface area contributed by atoms with Gasteiger partial charge >= 0.3 is 5.97 Å². The number of ether oxygens (including phenoxy) is 1. The zero-order valence-corrected chi connectivity index (χ0v) is 12.2. The lowest BCUT2D eigenvalue weighted by molar-refractivity contribution is -0.111. The summed E-state index contributed by atoms with van der Waals surface area (Å²) in [7, 11) is 0. The van der Waals surface area contributed by atoms with Crippen LogP contribution in [0.5, 0.6) is 5.75 Å². The number of esters is 1. The van der Waals surface area contributed by atoms with Crippen LogP contribution in [-0.4, -0.2) is 11.9 Å². The zero-order valence-electron chi connectivity index (χ0n) is 12.2. The van der Waals surface area contributed by atoms with Crippen molar-refractivity contribution in [2.75, 3.05) is 5.32 Å². The highest BCUT2D eigenvalue weighted by molar-refractivity contribution is 5.99. The molecule has 0 radical (unpaired) electrons. The minimum absolute atomic E-state index is 0.249. The standard InChI is InChI=1S/C16H8F5NO3/c1-2-9(23)22-8-5-3-7(4-6-8)16(24)25-15-13(20)11(18)10(17)12(19)14(15)21/h2-6H,1H2,(H,22,23).